The van der Waals surface area contributed by atoms with Gasteiger partial charge < -0.3 is 1.43 Å². The fraction of sp³-hybridized carbons (Fsp3) is 0.333. The average molecular weight is 112 g/mol. The van der Waals surface area contributed by atoms with Crippen LogP contribution in [0.1, 0.15) is 1.43 Å². The topological polar surface area (TPSA) is 0 Å². The Labute approximate surface area is 38.3 Å². The van der Waals surface area contributed by atoms with Crippen molar-refractivity contribution in [2.45, 2.75) is 4.98 Å². The van der Waals surface area contributed by atoms with Gasteiger partial charge in [-0.3, -0.25) is 0 Å². The Bertz CT molecular complexity index is 20.9. The molecule has 0 nitrogen and oxygen atoms in total. The maximum absolute atomic E-state index is 3.49. The Morgan fingerprint density at radius 3 is 2.50 bits per heavy atom. The van der Waals surface area contributed by atoms with Gasteiger partial charge in [-0.15, -0.1) is 0 Å². The van der Waals surface area contributed by atoms with Gasteiger partial charge in [0, 0.05) is 0 Å². The summed E-state index contributed by atoms with van der Waals surface area (Å²) in [7, 11) is 0. The fourth-order valence-corrected chi connectivity index (χ4v) is 0. The predicted molar refractivity (Wildman–Crippen MR) is 21.9 cm³/mol. The molecule has 0 aromatic heterocycles. The van der Waals surface area contributed by atoms with E-state index in [2.05, 4.69) is 6.58 Å². The van der Waals surface area contributed by atoms with Crippen LogP contribution in [-0.2, 0) is 0 Å². The second-order valence-electron chi connectivity index (χ2n) is 0.524. The molecule has 0 heterocycles. The van der Waals surface area contributed by atoms with Crippen molar-refractivity contribution in [2.24, 2.45) is 0 Å². The zero-order valence-electron chi connectivity index (χ0n) is 3.57. The quantitative estimate of drug-likeness (QED) is 0.348. The molecule has 0 aliphatic rings. The summed E-state index contributed by atoms with van der Waals surface area (Å²) in [6.07, 6.45) is 1.90. The van der Waals surface area contributed by atoms with Gasteiger partial charge in [-0.1, -0.05) is 0 Å². The number of hydrogen-bond donors (Lipinski definition) is 0. The van der Waals surface area contributed by atoms with Crippen LogP contribution in [0.25, 0.3) is 0 Å². The standard InChI is InChI=1S/C3H5.Ga.H/c1-3-2;;/h3H,1-2H2;;/q;;-1. The van der Waals surface area contributed by atoms with Gasteiger partial charge in [0.25, 0.3) is 0 Å². The third-order valence-corrected chi connectivity index (χ3v) is 0.866. The van der Waals surface area contributed by atoms with E-state index in [1.54, 1.807) is 18.6 Å². The average Bonchev–Trinajstić information content (AvgIpc) is 1.37. The fourth-order valence-electron chi connectivity index (χ4n) is 0. The molecular weight excluding hydrogens is 106 g/mol. The number of hydrogen-bond acceptors (Lipinski definition) is 0. The van der Waals surface area contributed by atoms with Crippen LogP contribution >= 0.6 is 0 Å². The van der Waals surface area contributed by atoms with Gasteiger partial charge in [0.2, 0.25) is 0 Å². The molecule has 0 atom stereocenters. The first-order chi connectivity index (χ1) is 1.91. The zero-order chi connectivity index (χ0) is 3.41. The molecular formula is C3H6Ga-. The minimum absolute atomic E-state index is 0. The summed E-state index contributed by atoms with van der Waals surface area (Å²) in [5.74, 6) is 0. The molecule has 0 spiro atoms. The molecule has 0 aromatic carbocycles. The smallest absolute Gasteiger partial charge is 1.00 e. The molecule has 0 aromatic rings. The van der Waals surface area contributed by atoms with Crippen molar-refractivity contribution in [1.29, 1.82) is 0 Å². The maximum Gasteiger partial charge on any atom is -1.00 e. The third kappa shape index (κ3) is 2.38. The van der Waals surface area contributed by atoms with Crippen LogP contribution in [-0.4, -0.2) is 18.6 Å². The van der Waals surface area contributed by atoms with Crippen molar-refractivity contribution in [3.8, 4) is 0 Å². The van der Waals surface area contributed by atoms with E-state index in [0.717, 1.165) is 4.98 Å². The van der Waals surface area contributed by atoms with Crippen molar-refractivity contribution < 1.29 is 1.43 Å². The maximum atomic E-state index is 3.49. The second kappa shape index (κ2) is 3.38. The van der Waals surface area contributed by atoms with Gasteiger partial charge in [-0.2, -0.15) is 0 Å². The molecule has 22 valence electrons. The molecule has 0 fully saturated rings. The van der Waals surface area contributed by atoms with E-state index >= 15 is 0 Å². The van der Waals surface area contributed by atoms with Crippen molar-refractivity contribution >= 4 is 18.6 Å². The summed E-state index contributed by atoms with van der Waals surface area (Å²) in [5.41, 5.74) is 0. The van der Waals surface area contributed by atoms with Gasteiger partial charge >= 0.3 is 36.2 Å². The molecule has 0 bridgehead atoms. The van der Waals surface area contributed by atoms with E-state index in [-0.39, 0.29) is 1.43 Å². The Kier molecular flexibility index (Phi) is 3.69. The largest absolute Gasteiger partial charge is 1.00 e. The van der Waals surface area contributed by atoms with E-state index in [1.807, 2.05) is 6.08 Å². The summed E-state index contributed by atoms with van der Waals surface area (Å²) in [4.78, 5) is 1.15. The van der Waals surface area contributed by atoms with Gasteiger partial charge in [0.15, 0.2) is 0 Å². The van der Waals surface area contributed by atoms with E-state index in [4.69, 9.17) is 0 Å². The van der Waals surface area contributed by atoms with Crippen molar-refractivity contribution in [1.82, 2.24) is 0 Å². The second-order valence-corrected chi connectivity index (χ2v) is 1.51. The molecule has 0 saturated carbocycles. The Morgan fingerprint density at radius 2 is 2.50 bits per heavy atom. The molecule has 0 aliphatic heterocycles. The van der Waals surface area contributed by atoms with Crippen LogP contribution < -0.4 is 0 Å². The van der Waals surface area contributed by atoms with E-state index < -0.39 is 0 Å². The van der Waals surface area contributed by atoms with E-state index in [1.165, 1.54) is 0 Å². The monoisotopic (exact) mass is 111 g/mol. The first-order valence-corrected chi connectivity index (χ1v) is 2.94. The Hall–Kier alpha value is 0.376. The first-order valence-electron chi connectivity index (χ1n) is 1.22. The normalized spacial score (nSPS) is 6.00. The van der Waals surface area contributed by atoms with E-state index in [9.17, 15) is 0 Å². The van der Waals surface area contributed by atoms with Crippen LogP contribution in [0.5, 0.6) is 0 Å². The molecule has 1 heteroatoms. The van der Waals surface area contributed by atoms with Crippen molar-refractivity contribution in [3.63, 3.8) is 0 Å². The molecule has 0 unspecified atom stereocenters. The molecule has 0 aliphatic carbocycles. The number of rotatable bonds is 1. The Morgan fingerprint density at radius 1 is 2.25 bits per heavy atom. The van der Waals surface area contributed by atoms with Crippen molar-refractivity contribution in [3.05, 3.63) is 12.7 Å². The summed E-state index contributed by atoms with van der Waals surface area (Å²) in [5, 5.41) is 0. The summed E-state index contributed by atoms with van der Waals surface area (Å²) >= 11 is 1.71. The minimum Gasteiger partial charge on any atom is -1.00 e. The first kappa shape index (κ1) is 4.38. The molecule has 4 heavy (non-hydrogen) atoms. The van der Waals surface area contributed by atoms with E-state index in [0.29, 0.717) is 0 Å². The molecule has 0 amide bonds. The van der Waals surface area contributed by atoms with Crippen molar-refractivity contribution in [2.75, 3.05) is 0 Å². The zero-order valence-corrected chi connectivity index (χ0v) is 4.99. The minimum atomic E-state index is 0. The van der Waals surface area contributed by atoms with Crippen LogP contribution in [0.3, 0.4) is 0 Å². The molecule has 0 N–H and O–H groups in total. The van der Waals surface area contributed by atoms with Gasteiger partial charge in [0.1, 0.15) is 0 Å². The van der Waals surface area contributed by atoms with Crippen LogP contribution in [0.15, 0.2) is 12.7 Å². The van der Waals surface area contributed by atoms with Crippen LogP contribution in [0, 0.1) is 0 Å². The van der Waals surface area contributed by atoms with Gasteiger partial charge in [-0.25, -0.2) is 0 Å². The Balaban J connectivity index is 0. The molecule has 0 rings (SSSR count). The summed E-state index contributed by atoms with van der Waals surface area (Å²) < 4.78 is 0. The molecule has 0 saturated heterocycles. The summed E-state index contributed by atoms with van der Waals surface area (Å²) in [6.45, 7) is 3.49. The van der Waals surface area contributed by atoms with Crippen LogP contribution in [0.4, 0.5) is 0 Å². The van der Waals surface area contributed by atoms with Crippen LogP contribution in [0.2, 0.25) is 4.98 Å². The van der Waals surface area contributed by atoms with Gasteiger partial charge in [-0.05, 0) is 0 Å². The third-order valence-electron chi connectivity index (χ3n) is 0.167. The summed E-state index contributed by atoms with van der Waals surface area (Å²) in [6, 6.07) is 0. The predicted octanol–water partition coefficient (Wildman–Crippen LogP) is 0.872. The van der Waals surface area contributed by atoms with Gasteiger partial charge in [0.05, 0.1) is 0 Å². The SMILES string of the molecule is C=C[CH2][Ga].[H-]. The molecule has 2 radical (unpaired) electrons. The number of allylic oxidation sites excluding steroid dienone is 1.